The van der Waals surface area contributed by atoms with Crippen molar-refractivity contribution in [3.8, 4) is 11.5 Å². The van der Waals surface area contributed by atoms with Gasteiger partial charge in [0.05, 0.1) is 6.10 Å². The van der Waals surface area contributed by atoms with Crippen LogP contribution in [-0.4, -0.2) is 18.5 Å². The molecular formula is C25H24O4. The van der Waals surface area contributed by atoms with Gasteiger partial charge in [-0.3, -0.25) is 0 Å². The van der Waals surface area contributed by atoms with Crippen molar-refractivity contribution in [3.63, 3.8) is 0 Å². The zero-order chi connectivity index (χ0) is 19.6. The van der Waals surface area contributed by atoms with E-state index in [1.165, 1.54) is 0 Å². The predicted molar refractivity (Wildman–Crippen MR) is 110 cm³/mol. The van der Waals surface area contributed by atoms with Gasteiger partial charge < -0.3 is 18.9 Å². The summed E-state index contributed by atoms with van der Waals surface area (Å²) >= 11 is 0. The van der Waals surface area contributed by atoms with E-state index in [2.05, 4.69) is 25.1 Å². The molecule has 3 aromatic carbocycles. The Morgan fingerprint density at radius 1 is 0.828 bits per heavy atom. The Kier molecular flexibility index (Phi) is 5.06. The van der Waals surface area contributed by atoms with Crippen LogP contribution >= 0.6 is 0 Å². The molecule has 0 saturated carbocycles. The minimum Gasteiger partial charge on any atom is -0.457 e. The van der Waals surface area contributed by atoms with Gasteiger partial charge in [0.15, 0.2) is 6.29 Å². The van der Waals surface area contributed by atoms with Crippen LogP contribution in [0.5, 0.6) is 11.5 Å². The van der Waals surface area contributed by atoms with Gasteiger partial charge in [0.25, 0.3) is 0 Å². The summed E-state index contributed by atoms with van der Waals surface area (Å²) in [4.78, 5) is 0. The Labute approximate surface area is 171 Å². The van der Waals surface area contributed by atoms with E-state index in [4.69, 9.17) is 18.9 Å². The highest BCUT2D eigenvalue weighted by Gasteiger charge is 2.50. The maximum atomic E-state index is 6.37. The summed E-state index contributed by atoms with van der Waals surface area (Å²) in [6, 6.07) is 28.0. The molecule has 5 rings (SSSR count). The van der Waals surface area contributed by atoms with E-state index in [1.807, 2.05) is 66.7 Å². The van der Waals surface area contributed by atoms with Crippen molar-refractivity contribution in [1.82, 2.24) is 0 Å². The third-order valence-corrected chi connectivity index (χ3v) is 5.35. The van der Waals surface area contributed by atoms with Gasteiger partial charge in [0, 0.05) is 0 Å². The fourth-order valence-electron chi connectivity index (χ4n) is 3.70. The summed E-state index contributed by atoms with van der Waals surface area (Å²) in [5, 5.41) is 0. The smallest absolute Gasteiger partial charge is 0.189 e. The Balaban J connectivity index is 1.33. The lowest BCUT2D eigenvalue weighted by Gasteiger charge is -2.17. The highest BCUT2D eigenvalue weighted by molar-refractivity contribution is 5.35. The fourth-order valence-corrected chi connectivity index (χ4v) is 3.70. The highest BCUT2D eigenvalue weighted by Crippen LogP contribution is 2.47. The topological polar surface area (TPSA) is 43.5 Å². The van der Waals surface area contributed by atoms with Crippen molar-refractivity contribution in [2.45, 2.75) is 44.1 Å². The molecule has 4 nitrogen and oxygen atoms in total. The number of ether oxygens (including phenoxy) is 4. The molecule has 0 amide bonds. The van der Waals surface area contributed by atoms with Crippen molar-refractivity contribution in [1.29, 1.82) is 0 Å². The van der Waals surface area contributed by atoms with Gasteiger partial charge in [-0.2, -0.15) is 0 Å². The SMILES string of the molecule is CCC1OC1C(OC1OC1c1ccccc1)c1cccc(Oc2ccccc2)c1. The highest BCUT2D eigenvalue weighted by atomic mass is 16.8. The van der Waals surface area contributed by atoms with E-state index >= 15 is 0 Å². The second kappa shape index (κ2) is 7.99. The minimum absolute atomic E-state index is 0.0127. The summed E-state index contributed by atoms with van der Waals surface area (Å²) in [6.45, 7) is 2.14. The van der Waals surface area contributed by atoms with E-state index in [9.17, 15) is 0 Å². The molecule has 0 aliphatic carbocycles. The summed E-state index contributed by atoms with van der Waals surface area (Å²) in [7, 11) is 0. The van der Waals surface area contributed by atoms with Crippen LogP contribution in [0.1, 0.15) is 36.7 Å². The van der Waals surface area contributed by atoms with Gasteiger partial charge in [-0.1, -0.05) is 67.6 Å². The van der Waals surface area contributed by atoms with Gasteiger partial charge in [-0.25, -0.2) is 0 Å². The first-order chi connectivity index (χ1) is 14.3. The van der Waals surface area contributed by atoms with Gasteiger partial charge >= 0.3 is 0 Å². The molecule has 2 aliphatic heterocycles. The molecule has 0 radical (unpaired) electrons. The summed E-state index contributed by atoms with van der Waals surface area (Å²) in [5.41, 5.74) is 2.18. The predicted octanol–water partition coefficient (Wildman–Crippen LogP) is 5.81. The molecular weight excluding hydrogens is 364 g/mol. The molecule has 5 atom stereocenters. The van der Waals surface area contributed by atoms with Crippen LogP contribution in [0.3, 0.4) is 0 Å². The summed E-state index contributed by atoms with van der Waals surface area (Å²) in [5.74, 6) is 1.60. The number of rotatable bonds is 8. The van der Waals surface area contributed by atoms with Crippen molar-refractivity contribution in [3.05, 3.63) is 96.1 Å². The molecule has 2 heterocycles. The third-order valence-electron chi connectivity index (χ3n) is 5.35. The molecule has 0 N–H and O–H groups in total. The summed E-state index contributed by atoms with van der Waals surface area (Å²) < 4.78 is 24.1. The quantitative estimate of drug-likeness (QED) is 0.457. The van der Waals surface area contributed by atoms with E-state index in [0.29, 0.717) is 0 Å². The Morgan fingerprint density at radius 3 is 2.28 bits per heavy atom. The maximum Gasteiger partial charge on any atom is 0.189 e. The van der Waals surface area contributed by atoms with E-state index in [-0.39, 0.29) is 30.7 Å². The molecule has 3 aromatic rings. The molecule has 0 aromatic heterocycles. The second-order valence-electron chi connectivity index (χ2n) is 7.43. The van der Waals surface area contributed by atoms with Crippen LogP contribution in [0.4, 0.5) is 0 Å². The second-order valence-corrected chi connectivity index (χ2v) is 7.43. The van der Waals surface area contributed by atoms with Crippen LogP contribution in [0, 0.1) is 0 Å². The molecule has 4 heteroatoms. The largest absolute Gasteiger partial charge is 0.457 e. The van der Waals surface area contributed by atoms with Gasteiger partial charge in [-0.05, 0) is 41.8 Å². The van der Waals surface area contributed by atoms with Crippen LogP contribution in [0.2, 0.25) is 0 Å². The van der Waals surface area contributed by atoms with Crippen LogP contribution in [0.25, 0.3) is 0 Å². The lowest BCUT2D eigenvalue weighted by atomic mass is 10.0. The molecule has 2 aliphatic rings. The van der Waals surface area contributed by atoms with Crippen molar-refractivity contribution in [2.75, 3.05) is 0 Å². The van der Waals surface area contributed by atoms with Gasteiger partial charge in [0.1, 0.15) is 29.8 Å². The number of hydrogen-bond acceptors (Lipinski definition) is 4. The standard InChI is InChI=1S/C25H24O4/c1-2-21-24(27-21)22(28-25-23(29-25)17-10-5-3-6-11-17)18-12-9-15-20(16-18)26-19-13-7-4-8-14-19/h3-16,21-25H,2H2,1H3. The maximum absolute atomic E-state index is 6.37. The zero-order valence-electron chi connectivity index (χ0n) is 16.3. The Morgan fingerprint density at radius 2 is 1.55 bits per heavy atom. The lowest BCUT2D eigenvalue weighted by Crippen LogP contribution is -2.15. The molecule has 5 unspecified atom stereocenters. The van der Waals surface area contributed by atoms with Crippen LogP contribution < -0.4 is 4.74 Å². The van der Waals surface area contributed by atoms with Crippen LogP contribution in [-0.2, 0) is 14.2 Å². The average Bonchev–Trinajstić information content (AvgIpc) is 3.68. The molecule has 0 spiro atoms. The first-order valence-corrected chi connectivity index (χ1v) is 10.2. The van der Waals surface area contributed by atoms with E-state index in [0.717, 1.165) is 29.0 Å². The molecule has 2 saturated heterocycles. The third kappa shape index (κ3) is 4.20. The number of epoxide rings is 2. The Hall–Kier alpha value is -2.66. The van der Waals surface area contributed by atoms with E-state index in [1.54, 1.807) is 0 Å². The first kappa shape index (κ1) is 18.4. The van der Waals surface area contributed by atoms with Crippen molar-refractivity contribution in [2.24, 2.45) is 0 Å². The lowest BCUT2D eigenvalue weighted by molar-refractivity contribution is -0.0264. The molecule has 29 heavy (non-hydrogen) atoms. The monoisotopic (exact) mass is 388 g/mol. The first-order valence-electron chi connectivity index (χ1n) is 10.2. The van der Waals surface area contributed by atoms with E-state index < -0.39 is 0 Å². The average molecular weight is 388 g/mol. The Bertz CT molecular complexity index is 943. The molecule has 148 valence electrons. The zero-order valence-corrected chi connectivity index (χ0v) is 16.3. The number of benzene rings is 3. The molecule has 0 bridgehead atoms. The number of para-hydroxylation sites is 1. The summed E-state index contributed by atoms with van der Waals surface area (Å²) in [6.07, 6.45) is 0.806. The minimum atomic E-state index is -0.247. The fraction of sp³-hybridized carbons (Fsp3) is 0.280. The normalized spacial score (nSPS) is 26.0. The van der Waals surface area contributed by atoms with Crippen molar-refractivity contribution < 1.29 is 18.9 Å². The van der Waals surface area contributed by atoms with Crippen molar-refractivity contribution >= 4 is 0 Å². The van der Waals surface area contributed by atoms with Crippen LogP contribution in [0.15, 0.2) is 84.9 Å². The molecule has 2 fully saturated rings. The van der Waals surface area contributed by atoms with Gasteiger partial charge in [0.2, 0.25) is 0 Å². The van der Waals surface area contributed by atoms with Gasteiger partial charge in [-0.15, -0.1) is 0 Å². The number of hydrogen-bond donors (Lipinski definition) is 0.